The number of hydrogen-bond acceptors (Lipinski definition) is 3. The summed E-state index contributed by atoms with van der Waals surface area (Å²) < 4.78 is 18.5. The van der Waals surface area contributed by atoms with Crippen molar-refractivity contribution in [1.29, 1.82) is 0 Å². The van der Waals surface area contributed by atoms with E-state index in [-0.39, 0.29) is 19.0 Å². The van der Waals surface area contributed by atoms with E-state index in [0.717, 1.165) is 13.0 Å². The lowest BCUT2D eigenvalue weighted by Gasteiger charge is -2.12. The maximum Gasteiger partial charge on any atom is 0.128 e. The molecule has 1 atom stereocenters. The monoisotopic (exact) mass is 241 g/mol. The van der Waals surface area contributed by atoms with Crippen LogP contribution in [0.15, 0.2) is 24.3 Å². The Kier molecular flexibility index (Phi) is 6.77. The van der Waals surface area contributed by atoms with Gasteiger partial charge in [-0.2, -0.15) is 0 Å². The Balaban J connectivity index is 2.17. The van der Waals surface area contributed by atoms with Gasteiger partial charge < -0.3 is 15.2 Å². The van der Waals surface area contributed by atoms with Crippen molar-refractivity contribution < 1.29 is 14.2 Å². The highest BCUT2D eigenvalue weighted by Crippen LogP contribution is 2.07. The fourth-order valence-corrected chi connectivity index (χ4v) is 1.42. The predicted octanol–water partition coefficient (Wildman–Crippen LogP) is 1.70. The normalized spacial score (nSPS) is 12.6. The zero-order valence-electron chi connectivity index (χ0n) is 10.2. The van der Waals surface area contributed by atoms with Crippen LogP contribution in [0.2, 0.25) is 0 Å². The van der Waals surface area contributed by atoms with E-state index in [0.29, 0.717) is 12.1 Å². The second-order valence-electron chi connectivity index (χ2n) is 3.96. The summed E-state index contributed by atoms with van der Waals surface area (Å²) in [4.78, 5) is 0. The second-order valence-corrected chi connectivity index (χ2v) is 3.96. The molecule has 0 aliphatic rings. The number of aliphatic hydroxyl groups excluding tert-OH is 1. The van der Waals surface area contributed by atoms with E-state index in [1.54, 1.807) is 18.2 Å². The van der Waals surface area contributed by atoms with Gasteiger partial charge in [0, 0.05) is 12.1 Å². The van der Waals surface area contributed by atoms with E-state index in [2.05, 4.69) is 12.2 Å². The number of halogens is 1. The number of rotatable bonds is 8. The lowest BCUT2D eigenvalue weighted by Crippen LogP contribution is -2.30. The van der Waals surface area contributed by atoms with Crippen LogP contribution in [0.4, 0.5) is 4.39 Å². The van der Waals surface area contributed by atoms with Gasteiger partial charge in [-0.3, -0.25) is 0 Å². The zero-order chi connectivity index (χ0) is 12.5. The Morgan fingerprint density at radius 3 is 2.88 bits per heavy atom. The van der Waals surface area contributed by atoms with E-state index >= 15 is 0 Å². The molecular weight excluding hydrogens is 221 g/mol. The van der Waals surface area contributed by atoms with Crippen LogP contribution in [0, 0.1) is 5.82 Å². The van der Waals surface area contributed by atoms with Crippen LogP contribution in [0.3, 0.4) is 0 Å². The van der Waals surface area contributed by atoms with Crippen molar-refractivity contribution in [3.63, 3.8) is 0 Å². The van der Waals surface area contributed by atoms with Crippen LogP contribution in [0.5, 0.6) is 0 Å². The van der Waals surface area contributed by atoms with Crippen molar-refractivity contribution in [2.45, 2.75) is 26.1 Å². The minimum Gasteiger partial charge on any atom is -0.389 e. The molecule has 0 bridgehead atoms. The summed E-state index contributed by atoms with van der Waals surface area (Å²) in [5.41, 5.74) is 0.515. The zero-order valence-corrected chi connectivity index (χ0v) is 10.2. The van der Waals surface area contributed by atoms with Crippen molar-refractivity contribution in [1.82, 2.24) is 5.32 Å². The molecule has 0 aliphatic heterocycles. The Morgan fingerprint density at radius 1 is 1.41 bits per heavy atom. The summed E-state index contributed by atoms with van der Waals surface area (Å²) in [6.45, 7) is 3.85. The molecule has 0 heterocycles. The Labute approximate surface area is 102 Å². The summed E-state index contributed by atoms with van der Waals surface area (Å²) in [5.74, 6) is -0.272. The standard InChI is InChI=1S/C13H20FNO2/c1-2-7-15-8-12(16)10-17-9-11-5-3-4-6-13(11)14/h3-6,12,15-16H,2,7-10H2,1H3. The van der Waals surface area contributed by atoms with Crippen LogP contribution in [0.25, 0.3) is 0 Å². The van der Waals surface area contributed by atoms with E-state index in [1.165, 1.54) is 6.07 Å². The minimum absolute atomic E-state index is 0.192. The van der Waals surface area contributed by atoms with Crippen LogP contribution < -0.4 is 5.32 Å². The van der Waals surface area contributed by atoms with Gasteiger partial charge >= 0.3 is 0 Å². The fourth-order valence-electron chi connectivity index (χ4n) is 1.42. The maximum atomic E-state index is 13.2. The molecule has 0 radical (unpaired) electrons. The van der Waals surface area contributed by atoms with Crippen molar-refractivity contribution >= 4 is 0 Å². The van der Waals surface area contributed by atoms with Gasteiger partial charge in [-0.15, -0.1) is 0 Å². The van der Waals surface area contributed by atoms with Gasteiger partial charge in [-0.25, -0.2) is 4.39 Å². The summed E-state index contributed by atoms with van der Waals surface area (Å²) in [7, 11) is 0. The van der Waals surface area contributed by atoms with Crippen molar-refractivity contribution in [3.8, 4) is 0 Å². The fraction of sp³-hybridized carbons (Fsp3) is 0.538. The summed E-state index contributed by atoms with van der Waals surface area (Å²) >= 11 is 0. The van der Waals surface area contributed by atoms with Gasteiger partial charge in [0.05, 0.1) is 19.3 Å². The molecule has 1 unspecified atom stereocenters. The molecule has 17 heavy (non-hydrogen) atoms. The largest absolute Gasteiger partial charge is 0.389 e. The molecule has 0 saturated carbocycles. The molecule has 1 aromatic carbocycles. The van der Waals surface area contributed by atoms with Crippen LogP contribution in [0.1, 0.15) is 18.9 Å². The topological polar surface area (TPSA) is 41.5 Å². The molecule has 4 heteroatoms. The molecule has 0 spiro atoms. The van der Waals surface area contributed by atoms with Gasteiger partial charge in [0.2, 0.25) is 0 Å². The van der Waals surface area contributed by atoms with E-state index in [1.807, 2.05) is 0 Å². The molecule has 3 nitrogen and oxygen atoms in total. The molecule has 0 amide bonds. The third-order valence-corrected chi connectivity index (χ3v) is 2.33. The summed E-state index contributed by atoms with van der Waals surface area (Å²) in [6.07, 6.45) is 0.483. The first-order valence-corrected chi connectivity index (χ1v) is 5.94. The van der Waals surface area contributed by atoms with Crippen LogP contribution >= 0.6 is 0 Å². The second kappa shape index (κ2) is 8.17. The number of aliphatic hydroxyl groups is 1. The minimum atomic E-state index is -0.548. The third kappa shape index (κ3) is 5.77. The molecule has 0 fully saturated rings. The first-order valence-electron chi connectivity index (χ1n) is 5.94. The van der Waals surface area contributed by atoms with E-state index < -0.39 is 6.10 Å². The average molecular weight is 241 g/mol. The highest BCUT2D eigenvalue weighted by molar-refractivity contribution is 5.16. The SMILES string of the molecule is CCCNCC(O)COCc1ccccc1F. The quantitative estimate of drug-likeness (QED) is 0.681. The lowest BCUT2D eigenvalue weighted by atomic mass is 10.2. The lowest BCUT2D eigenvalue weighted by molar-refractivity contribution is 0.0280. The first kappa shape index (κ1) is 14.1. The predicted molar refractivity (Wildman–Crippen MR) is 65.2 cm³/mol. The highest BCUT2D eigenvalue weighted by atomic mass is 19.1. The molecular formula is C13H20FNO2. The highest BCUT2D eigenvalue weighted by Gasteiger charge is 2.05. The molecule has 1 aromatic rings. The van der Waals surface area contributed by atoms with Crippen molar-refractivity contribution in [3.05, 3.63) is 35.6 Å². The maximum absolute atomic E-state index is 13.2. The van der Waals surface area contributed by atoms with Crippen molar-refractivity contribution in [2.24, 2.45) is 0 Å². The van der Waals surface area contributed by atoms with Gasteiger partial charge in [-0.05, 0) is 19.0 Å². The Morgan fingerprint density at radius 2 is 2.18 bits per heavy atom. The third-order valence-electron chi connectivity index (χ3n) is 2.33. The number of benzene rings is 1. The Bertz CT molecular complexity index is 320. The molecule has 2 N–H and O–H groups in total. The van der Waals surface area contributed by atoms with Gasteiger partial charge in [0.15, 0.2) is 0 Å². The van der Waals surface area contributed by atoms with E-state index in [4.69, 9.17) is 4.74 Å². The van der Waals surface area contributed by atoms with Crippen molar-refractivity contribution in [2.75, 3.05) is 19.7 Å². The molecule has 0 saturated heterocycles. The molecule has 1 rings (SSSR count). The molecule has 0 aromatic heterocycles. The van der Waals surface area contributed by atoms with Gasteiger partial charge in [0.25, 0.3) is 0 Å². The first-order chi connectivity index (χ1) is 8.24. The summed E-state index contributed by atoms with van der Waals surface area (Å²) in [5, 5.41) is 12.6. The molecule has 0 aliphatic carbocycles. The average Bonchev–Trinajstić information content (AvgIpc) is 2.32. The van der Waals surface area contributed by atoms with Gasteiger partial charge in [-0.1, -0.05) is 25.1 Å². The van der Waals surface area contributed by atoms with Crippen LogP contribution in [-0.2, 0) is 11.3 Å². The number of hydrogen-bond donors (Lipinski definition) is 2. The smallest absolute Gasteiger partial charge is 0.128 e. The molecule has 96 valence electrons. The summed E-state index contributed by atoms with van der Waals surface area (Å²) in [6, 6.07) is 6.48. The van der Waals surface area contributed by atoms with Crippen LogP contribution in [-0.4, -0.2) is 30.9 Å². The van der Waals surface area contributed by atoms with E-state index in [9.17, 15) is 9.50 Å². The van der Waals surface area contributed by atoms with Gasteiger partial charge in [0.1, 0.15) is 5.82 Å². The Hall–Kier alpha value is -0.970. The number of ether oxygens (including phenoxy) is 1. The number of nitrogens with one attached hydrogen (secondary N) is 1.